The third kappa shape index (κ3) is 2.79. The topological polar surface area (TPSA) is 65.4 Å². The first-order chi connectivity index (χ1) is 12.1. The molecule has 3 rings (SSSR count). The van der Waals surface area contributed by atoms with Gasteiger partial charge in [0.1, 0.15) is 6.07 Å². The van der Waals surface area contributed by atoms with Crippen LogP contribution in [0.3, 0.4) is 0 Å². The Bertz CT molecular complexity index is 984. The van der Waals surface area contributed by atoms with Crippen LogP contribution in [0, 0.1) is 36.5 Å². The van der Waals surface area contributed by atoms with Crippen molar-refractivity contribution in [2.24, 2.45) is 0 Å². The van der Waals surface area contributed by atoms with E-state index in [2.05, 4.69) is 28.6 Å². The van der Waals surface area contributed by atoms with Gasteiger partial charge in [0.05, 0.1) is 23.2 Å². The Hall–Kier alpha value is -3.37. The van der Waals surface area contributed by atoms with Crippen LogP contribution >= 0.6 is 0 Å². The minimum Gasteiger partial charge on any atom is -0.340 e. The highest BCUT2D eigenvalue weighted by atomic mass is 15.0. The van der Waals surface area contributed by atoms with Crippen LogP contribution < -0.4 is 0 Å². The van der Waals surface area contributed by atoms with Gasteiger partial charge in [-0.2, -0.15) is 10.5 Å². The summed E-state index contributed by atoms with van der Waals surface area (Å²) in [6.07, 6.45) is 3.62. The van der Waals surface area contributed by atoms with Crippen LogP contribution in [-0.2, 0) is 0 Å². The first kappa shape index (κ1) is 16.5. The van der Waals surface area contributed by atoms with Gasteiger partial charge < -0.3 is 4.57 Å². The number of aromatic nitrogens is 2. The van der Waals surface area contributed by atoms with Crippen molar-refractivity contribution in [1.82, 2.24) is 9.55 Å². The van der Waals surface area contributed by atoms with Crippen molar-refractivity contribution in [2.75, 3.05) is 0 Å². The molecule has 0 saturated carbocycles. The van der Waals surface area contributed by atoms with E-state index in [1.165, 1.54) is 0 Å². The number of nitriles is 2. The van der Waals surface area contributed by atoms with E-state index in [1.807, 2.05) is 44.3 Å². The molecular weight excluding hydrogens is 308 g/mol. The number of rotatable bonds is 3. The molecule has 0 aliphatic carbocycles. The van der Waals surface area contributed by atoms with Crippen molar-refractivity contribution in [1.29, 1.82) is 10.5 Å². The third-order valence-electron chi connectivity index (χ3n) is 4.66. The van der Waals surface area contributed by atoms with E-state index in [0.717, 1.165) is 28.1 Å². The van der Waals surface area contributed by atoms with Gasteiger partial charge in [-0.05, 0) is 50.1 Å². The molecule has 0 aliphatic heterocycles. The molecule has 0 radical (unpaired) electrons. The Kier molecular flexibility index (Phi) is 4.37. The van der Waals surface area contributed by atoms with E-state index in [1.54, 1.807) is 18.3 Å². The van der Waals surface area contributed by atoms with Crippen LogP contribution in [0.4, 0.5) is 0 Å². The smallest absolute Gasteiger partial charge is 0.102 e. The molecule has 0 aliphatic rings. The minimum absolute atomic E-state index is 0.0768. The number of pyridine rings is 1. The molecule has 25 heavy (non-hydrogen) atoms. The number of benzene rings is 1. The second kappa shape index (κ2) is 6.63. The average molecular weight is 326 g/mol. The van der Waals surface area contributed by atoms with Crippen molar-refractivity contribution >= 4 is 0 Å². The Morgan fingerprint density at radius 2 is 1.72 bits per heavy atom. The van der Waals surface area contributed by atoms with Crippen LogP contribution in [0.15, 0.2) is 48.8 Å². The van der Waals surface area contributed by atoms with E-state index in [9.17, 15) is 5.26 Å². The normalized spacial score (nSPS) is 11.6. The van der Waals surface area contributed by atoms with E-state index < -0.39 is 0 Å². The van der Waals surface area contributed by atoms with E-state index in [-0.39, 0.29) is 6.04 Å². The number of nitrogens with zero attached hydrogens (tertiary/aromatic N) is 4. The summed E-state index contributed by atoms with van der Waals surface area (Å²) in [5.41, 5.74) is 6.25. The molecule has 0 bridgehead atoms. The van der Waals surface area contributed by atoms with Crippen molar-refractivity contribution in [2.45, 2.75) is 26.8 Å². The molecule has 0 fully saturated rings. The van der Waals surface area contributed by atoms with Gasteiger partial charge in [0.2, 0.25) is 0 Å². The highest BCUT2D eigenvalue weighted by molar-refractivity contribution is 5.75. The second-order valence-corrected chi connectivity index (χ2v) is 6.05. The zero-order valence-electron chi connectivity index (χ0n) is 14.5. The van der Waals surface area contributed by atoms with Crippen LogP contribution in [-0.4, -0.2) is 9.55 Å². The lowest BCUT2D eigenvalue weighted by atomic mass is 10.00. The number of hydrogen-bond acceptors (Lipinski definition) is 3. The van der Waals surface area contributed by atoms with Crippen LogP contribution in [0.2, 0.25) is 0 Å². The number of hydrogen-bond donors (Lipinski definition) is 0. The summed E-state index contributed by atoms with van der Waals surface area (Å²) in [5, 5.41) is 18.7. The molecule has 0 amide bonds. The van der Waals surface area contributed by atoms with Crippen molar-refractivity contribution in [3.05, 3.63) is 76.9 Å². The quantitative estimate of drug-likeness (QED) is 0.710. The molecule has 3 aromatic rings. The molecule has 2 heterocycles. The maximum Gasteiger partial charge on any atom is 0.102 e. The minimum atomic E-state index is 0.0768. The molecule has 0 saturated heterocycles. The lowest BCUT2D eigenvalue weighted by Gasteiger charge is -2.18. The average Bonchev–Trinajstić information content (AvgIpc) is 2.91. The predicted octanol–water partition coefficient (Wildman–Crippen LogP) is 4.52. The van der Waals surface area contributed by atoms with E-state index >= 15 is 0 Å². The molecule has 4 nitrogen and oxygen atoms in total. The summed E-state index contributed by atoms with van der Waals surface area (Å²) in [6.45, 7) is 6.13. The molecule has 1 atom stereocenters. The highest BCUT2D eigenvalue weighted by Crippen LogP contribution is 2.35. The SMILES string of the molecule is Cc1c(C#N)c(-c2ccc(C#N)cc2)c(C)n1C(C)c1cccnc1. The van der Waals surface area contributed by atoms with Gasteiger partial charge in [0.25, 0.3) is 0 Å². The fourth-order valence-corrected chi connectivity index (χ4v) is 3.41. The van der Waals surface area contributed by atoms with Crippen molar-refractivity contribution in [3.63, 3.8) is 0 Å². The Morgan fingerprint density at radius 3 is 2.28 bits per heavy atom. The van der Waals surface area contributed by atoms with Gasteiger partial charge in [-0.1, -0.05) is 18.2 Å². The molecule has 122 valence electrons. The van der Waals surface area contributed by atoms with Crippen molar-refractivity contribution < 1.29 is 0 Å². The summed E-state index contributed by atoms with van der Waals surface area (Å²) in [6, 6.07) is 15.9. The fraction of sp³-hybridized carbons (Fsp3) is 0.190. The molecule has 1 aromatic carbocycles. The van der Waals surface area contributed by atoms with E-state index in [0.29, 0.717) is 11.1 Å². The van der Waals surface area contributed by atoms with Crippen LogP contribution in [0.5, 0.6) is 0 Å². The highest BCUT2D eigenvalue weighted by Gasteiger charge is 2.22. The monoisotopic (exact) mass is 326 g/mol. The van der Waals surface area contributed by atoms with Gasteiger partial charge in [-0.3, -0.25) is 4.98 Å². The van der Waals surface area contributed by atoms with Crippen molar-refractivity contribution in [3.8, 4) is 23.3 Å². The lowest BCUT2D eigenvalue weighted by molar-refractivity contribution is 0.608. The molecule has 0 N–H and O–H groups in total. The predicted molar refractivity (Wildman–Crippen MR) is 96.8 cm³/mol. The summed E-state index contributed by atoms with van der Waals surface area (Å²) in [7, 11) is 0. The zero-order valence-corrected chi connectivity index (χ0v) is 14.5. The molecular formula is C21H18N4. The Morgan fingerprint density at radius 1 is 1.00 bits per heavy atom. The standard InChI is InChI=1S/C21H18N4/c1-14(19-5-4-10-24-13-19)25-15(2)20(12-23)21(16(25)3)18-8-6-17(11-22)7-9-18/h4-10,13-14H,1-3H3. The van der Waals surface area contributed by atoms with Crippen LogP contribution in [0.1, 0.15) is 41.0 Å². The summed E-state index contributed by atoms with van der Waals surface area (Å²) in [5.74, 6) is 0. The first-order valence-electron chi connectivity index (χ1n) is 8.10. The van der Waals surface area contributed by atoms with Crippen LogP contribution in [0.25, 0.3) is 11.1 Å². The summed E-state index contributed by atoms with van der Waals surface area (Å²) >= 11 is 0. The fourth-order valence-electron chi connectivity index (χ4n) is 3.41. The first-order valence-corrected chi connectivity index (χ1v) is 8.10. The Labute approximate surface area is 147 Å². The second-order valence-electron chi connectivity index (χ2n) is 6.05. The zero-order chi connectivity index (χ0) is 18.0. The molecule has 1 unspecified atom stereocenters. The third-order valence-corrected chi connectivity index (χ3v) is 4.66. The largest absolute Gasteiger partial charge is 0.340 e. The molecule has 0 spiro atoms. The van der Waals surface area contributed by atoms with Gasteiger partial charge in [0.15, 0.2) is 0 Å². The molecule has 2 aromatic heterocycles. The van der Waals surface area contributed by atoms with Gasteiger partial charge in [-0.15, -0.1) is 0 Å². The lowest BCUT2D eigenvalue weighted by Crippen LogP contribution is -2.10. The van der Waals surface area contributed by atoms with Gasteiger partial charge >= 0.3 is 0 Å². The Balaban J connectivity index is 2.18. The van der Waals surface area contributed by atoms with E-state index in [4.69, 9.17) is 5.26 Å². The van der Waals surface area contributed by atoms with Gasteiger partial charge in [-0.25, -0.2) is 0 Å². The summed E-state index contributed by atoms with van der Waals surface area (Å²) in [4.78, 5) is 4.21. The van der Waals surface area contributed by atoms with Gasteiger partial charge in [0, 0.05) is 29.3 Å². The maximum absolute atomic E-state index is 9.72. The summed E-state index contributed by atoms with van der Waals surface area (Å²) < 4.78 is 2.18. The maximum atomic E-state index is 9.72. The molecule has 4 heteroatoms.